The molecule has 0 spiro atoms. The number of guanidine groups is 1. The molecular weight excluding hydrogens is 218 g/mol. The van der Waals surface area contributed by atoms with Crippen LogP contribution in [-0.2, 0) is 17.3 Å². The van der Waals surface area contributed by atoms with Crippen LogP contribution in [0.1, 0.15) is 38.1 Å². The minimum atomic E-state index is -0.571. The van der Waals surface area contributed by atoms with E-state index in [2.05, 4.69) is 36.2 Å². The average molecular weight is 235 g/mol. The molecule has 2 rings (SSSR count). The van der Waals surface area contributed by atoms with Crippen molar-refractivity contribution >= 4 is 11.9 Å². The third-order valence-corrected chi connectivity index (χ3v) is 2.63. The maximum absolute atomic E-state index is 11.7. The quantitative estimate of drug-likeness (QED) is 0.729. The maximum Gasteiger partial charge on any atom is 0.256 e. The fourth-order valence-electron chi connectivity index (χ4n) is 1.93. The molecule has 0 bridgehead atoms. The van der Waals surface area contributed by atoms with Crippen LogP contribution >= 0.6 is 0 Å². The van der Waals surface area contributed by atoms with E-state index in [0.29, 0.717) is 0 Å². The first-order chi connectivity index (χ1) is 7.79. The Morgan fingerprint density at radius 3 is 2.59 bits per heavy atom. The summed E-state index contributed by atoms with van der Waals surface area (Å²) in [6.45, 7) is 6.16. The summed E-state index contributed by atoms with van der Waals surface area (Å²) in [6, 6.07) is -0.571. The zero-order valence-corrected chi connectivity index (χ0v) is 10.5. The topological polar surface area (TPSA) is 85.3 Å². The summed E-state index contributed by atoms with van der Waals surface area (Å²) in [5.74, 6) is -0.0234. The van der Waals surface area contributed by atoms with E-state index in [1.807, 2.05) is 13.2 Å². The van der Waals surface area contributed by atoms with Crippen LogP contribution in [-0.4, -0.2) is 21.6 Å². The number of aliphatic imine (C=N–C) groups is 1. The minimum Gasteiger partial charge on any atom is -0.370 e. The van der Waals surface area contributed by atoms with Crippen molar-refractivity contribution in [1.82, 2.24) is 15.1 Å². The highest BCUT2D eigenvalue weighted by atomic mass is 16.2. The molecule has 0 fully saturated rings. The van der Waals surface area contributed by atoms with Crippen molar-refractivity contribution in [3.63, 3.8) is 0 Å². The molecule has 6 nitrogen and oxygen atoms in total. The number of rotatable bonds is 1. The van der Waals surface area contributed by atoms with E-state index in [0.717, 1.165) is 11.3 Å². The van der Waals surface area contributed by atoms with Crippen LogP contribution in [0.2, 0.25) is 0 Å². The van der Waals surface area contributed by atoms with E-state index in [9.17, 15) is 4.79 Å². The summed E-state index contributed by atoms with van der Waals surface area (Å²) in [6.07, 6.45) is 1.83. The van der Waals surface area contributed by atoms with Gasteiger partial charge in [-0.1, -0.05) is 20.8 Å². The van der Waals surface area contributed by atoms with E-state index in [4.69, 9.17) is 5.73 Å². The van der Waals surface area contributed by atoms with Crippen LogP contribution < -0.4 is 11.1 Å². The Hall–Kier alpha value is -1.85. The van der Waals surface area contributed by atoms with E-state index in [1.54, 1.807) is 4.68 Å². The lowest BCUT2D eigenvalue weighted by atomic mass is 9.87. The maximum atomic E-state index is 11.7. The zero-order chi connectivity index (χ0) is 12.8. The molecule has 1 aromatic rings. The smallest absolute Gasteiger partial charge is 0.256 e. The van der Waals surface area contributed by atoms with Crippen molar-refractivity contribution in [2.75, 3.05) is 0 Å². The van der Waals surface area contributed by atoms with Gasteiger partial charge >= 0.3 is 0 Å². The van der Waals surface area contributed by atoms with Gasteiger partial charge < -0.3 is 5.73 Å². The van der Waals surface area contributed by atoms with Gasteiger partial charge in [-0.2, -0.15) is 5.10 Å². The van der Waals surface area contributed by atoms with Crippen LogP contribution in [0, 0.1) is 0 Å². The highest BCUT2D eigenvalue weighted by Gasteiger charge is 2.33. The number of nitrogens with two attached hydrogens (primary N) is 1. The molecule has 1 atom stereocenters. The average Bonchev–Trinajstić information content (AvgIpc) is 2.68. The molecule has 17 heavy (non-hydrogen) atoms. The fourth-order valence-corrected chi connectivity index (χ4v) is 1.93. The van der Waals surface area contributed by atoms with Gasteiger partial charge in [0.2, 0.25) is 0 Å². The second-order valence-corrected chi connectivity index (χ2v) is 5.26. The summed E-state index contributed by atoms with van der Waals surface area (Å²) in [7, 11) is 1.83. The number of nitrogens with one attached hydrogen (secondary N) is 1. The predicted molar refractivity (Wildman–Crippen MR) is 64.4 cm³/mol. The Kier molecular flexibility index (Phi) is 2.45. The number of aromatic nitrogens is 2. The standard InChI is InChI=1S/C11H17N5O/c1-11(2,3)8-6(5-16(4)15-8)7-9(17)14-10(12)13-7/h5,7H,1-4H3,(H3,12,13,14,17). The summed E-state index contributed by atoms with van der Waals surface area (Å²) in [5.41, 5.74) is 7.07. The lowest BCUT2D eigenvalue weighted by Crippen LogP contribution is -2.31. The predicted octanol–water partition coefficient (Wildman–Crippen LogP) is 0.203. The second-order valence-electron chi connectivity index (χ2n) is 5.26. The summed E-state index contributed by atoms with van der Waals surface area (Å²) < 4.78 is 1.70. The van der Waals surface area contributed by atoms with Gasteiger partial charge in [0.25, 0.3) is 5.91 Å². The monoisotopic (exact) mass is 235 g/mol. The molecule has 0 saturated heterocycles. The van der Waals surface area contributed by atoms with Crippen LogP contribution in [0.4, 0.5) is 0 Å². The normalized spacial score (nSPS) is 20.4. The van der Waals surface area contributed by atoms with E-state index in [1.165, 1.54) is 0 Å². The number of hydrogen-bond donors (Lipinski definition) is 2. The van der Waals surface area contributed by atoms with Gasteiger partial charge in [0.05, 0.1) is 5.69 Å². The van der Waals surface area contributed by atoms with Crippen molar-refractivity contribution in [1.29, 1.82) is 0 Å². The molecule has 1 aliphatic rings. The van der Waals surface area contributed by atoms with Crippen molar-refractivity contribution in [2.24, 2.45) is 17.8 Å². The third kappa shape index (κ3) is 2.02. The van der Waals surface area contributed by atoms with Crippen LogP contribution in [0.3, 0.4) is 0 Å². The van der Waals surface area contributed by atoms with E-state index < -0.39 is 6.04 Å². The molecule has 0 radical (unpaired) electrons. The molecule has 3 N–H and O–H groups in total. The summed E-state index contributed by atoms with van der Waals surface area (Å²) in [4.78, 5) is 15.8. The van der Waals surface area contributed by atoms with Crippen molar-refractivity contribution < 1.29 is 4.79 Å². The molecule has 1 aromatic heterocycles. The minimum absolute atomic E-state index is 0.135. The van der Waals surface area contributed by atoms with Crippen LogP contribution in [0.5, 0.6) is 0 Å². The molecule has 6 heteroatoms. The number of carbonyl (C=O) groups excluding carboxylic acids is 1. The van der Waals surface area contributed by atoms with Gasteiger partial charge in [0.15, 0.2) is 12.0 Å². The second kappa shape index (κ2) is 3.58. The molecule has 1 unspecified atom stereocenters. The lowest BCUT2D eigenvalue weighted by molar-refractivity contribution is -0.120. The van der Waals surface area contributed by atoms with Crippen LogP contribution in [0.15, 0.2) is 11.2 Å². The molecule has 0 aromatic carbocycles. The molecule has 2 heterocycles. The van der Waals surface area contributed by atoms with Gasteiger partial charge in [0.1, 0.15) is 0 Å². The first-order valence-electron chi connectivity index (χ1n) is 5.47. The Morgan fingerprint density at radius 1 is 1.47 bits per heavy atom. The molecule has 1 aliphatic heterocycles. The Labute approximate surface area is 99.9 Å². The molecule has 1 amide bonds. The molecule has 0 aliphatic carbocycles. The number of hydrogen-bond acceptors (Lipinski definition) is 4. The van der Waals surface area contributed by atoms with Crippen molar-refractivity contribution in [2.45, 2.75) is 32.2 Å². The van der Waals surface area contributed by atoms with Crippen molar-refractivity contribution in [3.8, 4) is 0 Å². The van der Waals surface area contributed by atoms with Gasteiger partial charge in [-0.25, -0.2) is 4.99 Å². The molecule has 0 saturated carbocycles. The molecule has 92 valence electrons. The third-order valence-electron chi connectivity index (χ3n) is 2.63. The van der Waals surface area contributed by atoms with Gasteiger partial charge in [-0.3, -0.25) is 14.8 Å². The van der Waals surface area contributed by atoms with E-state index in [-0.39, 0.29) is 17.3 Å². The van der Waals surface area contributed by atoms with Gasteiger partial charge in [0, 0.05) is 24.2 Å². The number of amides is 1. The zero-order valence-electron chi connectivity index (χ0n) is 10.5. The lowest BCUT2D eigenvalue weighted by Gasteiger charge is -2.18. The first-order valence-corrected chi connectivity index (χ1v) is 5.47. The van der Waals surface area contributed by atoms with Crippen LogP contribution in [0.25, 0.3) is 0 Å². The Bertz CT molecular complexity index is 494. The van der Waals surface area contributed by atoms with E-state index >= 15 is 0 Å². The fraction of sp³-hybridized carbons (Fsp3) is 0.545. The summed E-state index contributed by atoms with van der Waals surface area (Å²) in [5, 5.41) is 6.92. The number of aryl methyl sites for hydroxylation is 1. The SMILES string of the molecule is Cn1cc(C2N=C(N)NC2=O)c(C(C)(C)C)n1. The highest BCUT2D eigenvalue weighted by Crippen LogP contribution is 2.31. The molecular formula is C11H17N5O. The Morgan fingerprint density at radius 2 is 2.12 bits per heavy atom. The highest BCUT2D eigenvalue weighted by molar-refractivity contribution is 6.04. The first kappa shape index (κ1) is 11.6. The van der Waals surface area contributed by atoms with Gasteiger partial charge in [-0.05, 0) is 0 Å². The number of carbonyl (C=O) groups is 1. The van der Waals surface area contributed by atoms with Gasteiger partial charge in [-0.15, -0.1) is 0 Å². The number of nitrogens with zero attached hydrogens (tertiary/aromatic N) is 3. The largest absolute Gasteiger partial charge is 0.370 e. The van der Waals surface area contributed by atoms with Crippen molar-refractivity contribution in [3.05, 3.63) is 17.5 Å². The Balaban J connectivity index is 2.49. The summed E-state index contributed by atoms with van der Waals surface area (Å²) >= 11 is 0.